The van der Waals surface area contributed by atoms with Gasteiger partial charge in [0.05, 0.1) is 4.92 Å². The molecule has 1 aliphatic heterocycles. The van der Waals surface area contributed by atoms with Crippen LogP contribution in [0.1, 0.15) is 37.0 Å². The Morgan fingerprint density at radius 1 is 1.23 bits per heavy atom. The summed E-state index contributed by atoms with van der Waals surface area (Å²) in [5.41, 5.74) is -0.169. The third-order valence-corrected chi connectivity index (χ3v) is 4.08. The number of carbonyl (C=O) groups excluding carboxylic acids is 3. The molecule has 1 saturated heterocycles. The Labute approximate surface area is 150 Å². The number of nitrogens with zero attached hydrogens (tertiary/aromatic N) is 2. The van der Waals surface area contributed by atoms with Crippen LogP contribution in [-0.4, -0.2) is 52.8 Å². The average Bonchev–Trinajstić information content (AvgIpc) is 3.15. The Morgan fingerprint density at radius 2 is 1.88 bits per heavy atom. The van der Waals surface area contributed by atoms with Gasteiger partial charge < -0.3 is 15.0 Å². The lowest BCUT2D eigenvalue weighted by atomic mass is 10.2. The van der Waals surface area contributed by atoms with Crippen molar-refractivity contribution in [3.05, 3.63) is 39.9 Å². The molecule has 9 heteroatoms. The number of esters is 1. The number of nitrogens with one attached hydrogen (secondary N) is 1. The van der Waals surface area contributed by atoms with Gasteiger partial charge in [0.15, 0.2) is 6.10 Å². The van der Waals surface area contributed by atoms with Crippen LogP contribution in [0.25, 0.3) is 0 Å². The third kappa shape index (κ3) is 4.78. The lowest BCUT2D eigenvalue weighted by molar-refractivity contribution is -0.384. The molecule has 0 bridgehead atoms. The van der Waals surface area contributed by atoms with E-state index in [1.807, 2.05) is 0 Å². The highest BCUT2D eigenvalue weighted by Gasteiger charge is 2.28. The molecule has 1 aromatic carbocycles. The second-order valence-electron chi connectivity index (χ2n) is 6.11. The number of benzene rings is 1. The summed E-state index contributed by atoms with van der Waals surface area (Å²) in [4.78, 5) is 48.2. The van der Waals surface area contributed by atoms with Gasteiger partial charge >= 0.3 is 5.97 Å². The topological polar surface area (TPSA) is 119 Å². The van der Waals surface area contributed by atoms with Gasteiger partial charge in [0, 0.05) is 30.8 Å². The van der Waals surface area contributed by atoms with E-state index in [1.165, 1.54) is 32.0 Å². The molecule has 1 N–H and O–H groups in total. The Bertz CT molecular complexity index is 714. The molecule has 1 aromatic rings. The normalized spacial score (nSPS) is 15.8. The first-order valence-corrected chi connectivity index (χ1v) is 8.34. The monoisotopic (exact) mass is 363 g/mol. The summed E-state index contributed by atoms with van der Waals surface area (Å²) in [5.74, 6) is -1.64. The van der Waals surface area contributed by atoms with E-state index in [0.29, 0.717) is 13.1 Å². The Balaban J connectivity index is 1.91. The molecular weight excluding hydrogens is 342 g/mol. The van der Waals surface area contributed by atoms with Crippen molar-refractivity contribution in [3.63, 3.8) is 0 Å². The van der Waals surface area contributed by atoms with Gasteiger partial charge in [-0.2, -0.15) is 0 Å². The van der Waals surface area contributed by atoms with Gasteiger partial charge in [-0.25, -0.2) is 4.79 Å². The zero-order valence-corrected chi connectivity index (χ0v) is 14.6. The fourth-order valence-electron chi connectivity index (χ4n) is 2.62. The van der Waals surface area contributed by atoms with Crippen molar-refractivity contribution in [3.8, 4) is 0 Å². The SMILES string of the molecule is C[C@H](NC(=O)c1cccc([N+](=O)[O-])c1)C(=O)O[C@H](C)C(=O)N1CCCC1. The first kappa shape index (κ1) is 19.4. The van der Waals surface area contributed by atoms with Crippen molar-refractivity contribution in [2.45, 2.75) is 38.8 Å². The lowest BCUT2D eigenvalue weighted by Crippen LogP contribution is -2.44. The highest BCUT2D eigenvalue weighted by molar-refractivity contribution is 5.97. The van der Waals surface area contributed by atoms with E-state index in [4.69, 9.17) is 4.74 Å². The number of nitro benzene ring substituents is 1. The molecule has 0 unspecified atom stereocenters. The van der Waals surface area contributed by atoms with E-state index in [1.54, 1.807) is 4.90 Å². The summed E-state index contributed by atoms with van der Waals surface area (Å²) in [5, 5.41) is 13.2. The highest BCUT2D eigenvalue weighted by atomic mass is 16.6. The van der Waals surface area contributed by atoms with Crippen LogP contribution in [0.2, 0.25) is 0 Å². The van der Waals surface area contributed by atoms with Crippen LogP contribution in [0.3, 0.4) is 0 Å². The van der Waals surface area contributed by atoms with Crippen molar-refractivity contribution >= 4 is 23.5 Å². The molecule has 2 amide bonds. The van der Waals surface area contributed by atoms with Crippen LogP contribution in [0.4, 0.5) is 5.69 Å². The minimum Gasteiger partial charge on any atom is -0.451 e. The molecule has 0 saturated carbocycles. The van der Waals surface area contributed by atoms with Gasteiger partial charge in [-0.3, -0.25) is 19.7 Å². The van der Waals surface area contributed by atoms with E-state index in [0.717, 1.165) is 18.9 Å². The number of non-ortho nitro benzene ring substituents is 1. The van der Waals surface area contributed by atoms with Crippen LogP contribution < -0.4 is 5.32 Å². The lowest BCUT2D eigenvalue weighted by Gasteiger charge is -2.22. The summed E-state index contributed by atoms with van der Waals surface area (Å²) in [6.07, 6.45) is 0.933. The van der Waals surface area contributed by atoms with E-state index < -0.39 is 28.9 Å². The van der Waals surface area contributed by atoms with E-state index in [-0.39, 0.29) is 17.2 Å². The van der Waals surface area contributed by atoms with Crippen molar-refractivity contribution in [1.29, 1.82) is 0 Å². The predicted molar refractivity (Wildman–Crippen MR) is 91.4 cm³/mol. The molecule has 1 heterocycles. The summed E-state index contributed by atoms with van der Waals surface area (Å²) in [6, 6.07) is 4.16. The number of hydrogen-bond donors (Lipinski definition) is 1. The van der Waals surface area contributed by atoms with Crippen molar-refractivity contribution in [2.75, 3.05) is 13.1 Å². The quantitative estimate of drug-likeness (QED) is 0.462. The fraction of sp³-hybridized carbons (Fsp3) is 0.471. The van der Waals surface area contributed by atoms with Gasteiger partial charge in [0.2, 0.25) is 0 Å². The highest BCUT2D eigenvalue weighted by Crippen LogP contribution is 2.14. The molecule has 2 atom stereocenters. The summed E-state index contributed by atoms with van der Waals surface area (Å²) in [7, 11) is 0. The Hall–Kier alpha value is -2.97. The molecule has 0 aliphatic carbocycles. The second kappa shape index (κ2) is 8.41. The number of rotatable bonds is 6. The first-order valence-electron chi connectivity index (χ1n) is 8.34. The maximum Gasteiger partial charge on any atom is 0.329 e. The second-order valence-corrected chi connectivity index (χ2v) is 6.11. The predicted octanol–water partition coefficient (Wildman–Crippen LogP) is 1.27. The zero-order chi connectivity index (χ0) is 19.3. The molecule has 0 radical (unpaired) electrons. The Kier molecular flexibility index (Phi) is 6.26. The van der Waals surface area contributed by atoms with Crippen LogP contribution in [-0.2, 0) is 14.3 Å². The summed E-state index contributed by atoms with van der Waals surface area (Å²) in [6.45, 7) is 4.22. The number of nitro groups is 1. The molecule has 2 rings (SSSR count). The van der Waals surface area contributed by atoms with Crippen LogP contribution >= 0.6 is 0 Å². The molecule has 0 spiro atoms. The fourth-order valence-corrected chi connectivity index (χ4v) is 2.62. The van der Waals surface area contributed by atoms with Gasteiger partial charge in [0.25, 0.3) is 17.5 Å². The van der Waals surface area contributed by atoms with Gasteiger partial charge in [-0.05, 0) is 32.8 Å². The largest absolute Gasteiger partial charge is 0.451 e. The number of hydrogen-bond acceptors (Lipinski definition) is 6. The summed E-state index contributed by atoms with van der Waals surface area (Å²) < 4.78 is 5.13. The van der Waals surface area contributed by atoms with Crippen LogP contribution in [0.5, 0.6) is 0 Å². The smallest absolute Gasteiger partial charge is 0.329 e. The van der Waals surface area contributed by atoms with E-state index in [9.17, 15) is 24.5 Å². The third-order valence-electron chi connectivity index (χ3n) is 4.08. The number of likely N-dealkylation sites (tertiary alicyclic amines) is 1. The van der Waals surface area contributed by atoms with E-state index in [2.05, 4.69) is 5.32 Å². The molecule has 0 aromatic heterocycles. The van der Waals surface area contributed by atoms with E-state index >= 15 is 0 Å². The van der Waals surface area contributed by atoms with Crippen molar-refractivity contribution in [1.82, 2.24) is 10.2 Å². The first-order chi connectivity index (χ1) is 12.3. The van der Waals surface area contributed by atoms with Crippen LogP contribution in [0.15, 0.2) is 24.3 Å². The zero-order valence-electron chi connectivity index (χ0n) is 14.6. The molecule has 1 aliphatic rings. The van der Waals surface area contributed by atoms with Crippen LogP contribution in [0, 0.1) is 10.1 Å². The number of ether oxygens (including phenoxy) is 1. The molecule has 1 fully saturated rings. The Morgan fingerprint density at radius 3 is 2.50 bits per heavy atom. The van der Waals surface area contributed by atoms with Gasteiger partial charge in [0.1, 0.15) is 6.04 Å². The maximum absolute atomic E-state index is 12.1. The van der Waals surface area contributed by atoms with Crippen molar-refractivity contribution < 1.29 is 24.0 Å². The average molecular weight is 363 g/mol. The molecule has 9 nitrogen and oxygen atoms in total. The van der Waals surface area contributed by atoms with Gasteiger partial charge in [-0.15, -0.1) is 0 Å². The maximum atomic E-state index is 12.1. The standard InChI is InChI=1S/C17H21N3O6/c1-11(17(23)26-12(2)16(22)19-8-3-4-9-19)18-15(21)13-6-5-7-14(10-13)20(24)25/h5-7,10-12H,3-4,8-9H2,1-2H3,(H,18,21)/t11-,12+/m0/s1. The number of carbonyl (C=O) groups is 3. The molecule has 140 valence electrons. The summed E-state index contributed by atoms with van der Waals surface area (Å²) >= 11 is 0. The molecular formula is C17H21N3O6. The minimum absolute atomic E-state index is 0.0556. The molecule has 26 heavy (non-hydrogen) atoms. The van der Waals surface area contributed by atoms with Crippen molar-refractivity contribution in [2.24, 2.45) is 0 Å². The minimum atomic E-state index is -1.00. The van der Waals surface area contributed by atoms with Gasteiger partial charge in [-0.1, -0.05) is 6.07 Å². The number of amides is 2.